The molecule has 136 valence electrons. The van der Waals surface area contributed by atoms with Crippen LogP contribution in [0.2, 0.25) is 0 Å². The Morgan fingerprint density at radius 2 is 2.08 bits per heavy atom. The average Bonchev–Trinajstić information content (AvgIpc) is 2.55. The van der Waals surface area contributed by atoms with E-state index in [-0.39, 0.29) is 12.4 Å². The van der Waals surface area contributed by atoms with E-state index in [4.69, 9.17) is 10.5 Å². The number of carbonyl (C=O) groups is 1. The third-order valence-electron chi connectivity index (χ3n) is 4.42. The van der Waals surface area contributed by atoms with Gasteiger partial charge >= 0.3 is 0 Å². The number of halogens is 1. The number of rotatable bonds is 7. The quantitative estimate of drug-likeness (QED) is 0.700. The molecule has 1 aliphatic carbocycles. The predicted molar refractivity (Wildman–Crippen MR) is 98.7 cm³/mol. The lowest BCUT2D eigenvalue weighted by Gasteiger charge is -2.26. The SMILES string of the molecule is CCOc1cccc(NC(=O)C(O)[C@H](N)CC2CCCCC2)c1.Cl. The number of ether oxygens (including phenoxy) is 1. The molecule has 1 amide bonds. The van der Waals surface area contributed by atoms with Gasteiger partial charge in [0.15, 0.2) is 0 Å². The van der Waals surface area contributed by atoms with Crippen molar-refractivity contribution in [1.29, 1.82) is 0 Å². The summed E-state index contributed by atoms with van der Waals surface area (Å²) in [5.41, 5.74) is 6.65. The van der Waals surface area contributed by atoms with Gasteiger partial charge in [0, 0.05) is 17.8 Å². The van der Waals surface area contributed by atoms with Crippen LogP contribution in [0.3, 0.4) is 0 Å². The van der Waals surface area contributed by atoms with Crippen molar-refractivity contribution in [1.82, 2.24) is 0 Å². The van der Waals surface area contributed by atoms with Crippen LogP contribution in [0.5, 0.6) is 5.75 Å². The normalized spacial score (nSPS) is 17.5. The standard InChI is InChI=1S/C18H28N2O3.ClH/c1-2-23-15-10-6-9-14(12-15)20-18(22)17(21)16(19)11-13-7-4-3-5-8-13;/h6,9-10,12-13,16-17,21H,2-5,7-8,11,19H2,1H3,(H,20,22);1H/t16-,17?;/m1./s1. The molecule has 6 heteroatoms. The van der Waals surface area contributed by atoms with Crippen molar-refractivity contribution in [2.24, 2.45) is 11.7 Å². The molecule has 1 unspecified atom stereocenters. The first kappa shape index (κ1) is 20.7. The van der Waals surface area contributed by atoms with Crippen molar-refractivity contribution in [2.45, 2.75) is 57.6 Å². The third kappa shape index (κ3) is 6.30. The summed E-state index contributed by atoms with van der Waals surface area (Å²) in [5, 5.41) is 12.9. The smallest absolute Gasteiger partial charge is 0.254 e. The Morgan fingerprint density at radius 3 is 2.75 bits per heavy atom. The fourth-order valence-corrected chi connectivity index (χ4v) is 3.18. The fourth-order valence-electron chi connectivity index (χ4n) is 3.18. The molecule has 1 aromatic carbocycles. The van der Waals surface area contributed by atoms with E-state index in [2.05, 4.69) is 5.32 Å². The molecule has 0 bridgehead atoms. The Kier molecular flexibility index (Phi) is 9.11. The summed E-state index contributed by atoms with van der Waals surface area (Å²) in [7, 11) is 0. The number of benzene rings is 1. The van der Waals surface area contributed by atoms with E-state index >= 15 is 0 Å². The summed E-state index contributed by atoms with van der Waals surface area (Å²) in [6.45, 7) is 2.46. The van der Waals surface area contributed by atoms with Crippen LogP contribution in [0.25, 0.3) is 0 Å². The van der Waals surface area contributed by atoms with Gasteiger partial charge in [-0.2, -0.15) is 0 Å². The Labute approximate surface area is 150 Å². The number of aliphatic hydroxyl groups is 1. The highest BCUT2D eigenvalue weighted by Gasteiger charge is 2.26. The Morgan fingerprint density at radius 1 is 1.38 bits per heavy atom. The summed E-state index contributed by atoms with van der Waals surface area (Å²) < 4.78 is 5.40. The molecular weight excluding hydrogens is 328 g/mol. The zero-order chi connectivity index (χ0) is 16.7. The molecule has 0 aromatic heterocycles. The van der Waals surface area contributed by atoms with Crippen LogP contribution in [0.15, 0.2) is 24.3 Å². The number of amides is 1. The number of aliphatic hydroxyl groups excluding tert-OH is 1. The van der Waals surface area contributed by atoms with Crippen LogP contribution in [0.1, 0.15) is 45.4 Å². The maximum Gasteiger partial charge on any atom is 0.254 e. The van der Waals surface area contributed by atoms with Crippen molar-refractivity contribution in [3.63, 3.8) is 0 Å². The molecule has 4 N–H and O–H groups in total. The molecule has 0 heterocycles. The highest BCUT2D eigenvalue weighted by atomic mass is 35.5. The van der Waals surface area contributed by atoms with E-state index in [9.17, 15) is 9.90 Å². The lowest BCUT2D eigenvalue weighted by molar-refractivity contribution is -0.125. The monoisotopic (exact) mass is 356 g/mol. The average molecular weight is 357 g/mol. The lowest BCUT2D eigenvalue weighted by atomic mass is 9.84. The molecule has 1 aliphatic rings. The minimum atomic E-state index is -1.19. The van der Waals surface area contributed by atoms with Crippen LogP contribution in [0, 0.1) is 5.92 Å². The van der Waals surface area contributed by atoms with E-state index < -0.39 is 18.1 Å². The second-order valence-corrected chi connectivity index (χ2v) is 6.30. The van der Waals surface area contributed by atoms with Gasteiger partial charge in [0.2, 0.25) is 0 Å². The van der Waals surface area contributed by atoms with Gasteiger partial charge in [-0.25, -0.2) is 0 Å². The zero-order valence-electron chi connectivity index (χ0n) is 14.2. The second kappa shape index (κ2) is 10.5. The molecule has 24 heavy (non-hydrogen) atoms. The zero-order valence-corrected chi connectivity index (χ0v) is 15.1. The fraction of sp³-hybridized carbons (Fsp3) is 0.611. The van der Waals surface area contributed by atoms with Gasteiger partial charge in [-0.15, -0.1) is 12.4 Å². The summed E-state index contributed by atoms with van der Waals surface area (Å²) >= 11 is 0. The molecule has 2 atom stereocenters. The number of nitrogens with two attached hydrogens (primary N) is 1. The van der Waals surface area contributed by atoms with Gasteiger partial charge in [-0.05, 0) is 31.4 Å². The topological polar surface area (TPSA) is 84.6 Å². The van der Waals surface area contributed by atoms with Gasteiger partial charge in [-0.1, -0.05) is 38.2 Å². The molecule has 0 aliphatic heterocycles. The Bertz CT molecular complexity index is 507. The van der Waals surface area contributed by atoms with Crippen molar-refractivity contribution in [2.75, 3.05) is 11.9 Å². The number of nitrogens with one attached hydrogen (secondary N) is 1. The first-order valence-electron chi connectivity index (χ1n) is 8.57. The maximum absolute atomic E-state index is 12.2. The van der Waals surface area contributed by atoms with Gasteiger partial charge in [0.1, 0.15) is 11.9 Å². The third-order valence-corrected chi connectivity index (χ3v) is 4.42. The van der Waals surface area contributed by atoms with E-state index in [0.29, 0.717) is 30.4 Å². The molecule has 1 aromatic rings. The summed E-state index contributed by atoms with van der Waals surface area (Å²) in [6, 6.07) is 6.60. The Hall–Kier alpha value is -1.30. The molecule has 1 saturated carbocycles. The molecule has 0 spiro atoms. The lowest BCUT2D eigenvalue weighted by Crippen LogP contribution is -2.44. The van der Waals surface area contributed by atoms with Crippen molar-refractivity contribution in [3.05, 3.63) is 24.3 Å². The molecule has 0 radical (unpaired) electrons. The Balaban J connectivity index is 0.00000288. The number of carbonyl (C=O) groups excluding carboxylic acids is 1. The van der Waals surface area contributed by atoms with Crippen molar-refractivity contribution < 1.29 is 14.6 Å². The minimum absolute atomic E-state index is 0. The van der Waals surface area contributed by atoms with Gasteiger partial charge in [-0.3, -0.25) is 4.79 Å². The molecule has 0 saturated heterocycles. The predicted octanol–water partition coefficient (Wildman–Crippen LogP) is 3.10. The van der Waals surface area contributed by atoms with Crippen LogP contribution >= 0.6 is 12.4 Å². The summed E-state index contributed by atoms with van der Waals surface area (Å²) in [6.07, 6.45) is 5.55. The first-order valence-corrected chi connectivity index (χ1v) is 8.57. The largest absolute Gasteiger partial charge is 0.494 e. The van der Waals surface area contributed by atoms with Crippen LogP contribution in [0.4, 0.5) is 5.69 Å². The molecule has 2 rings (SSSR count). The van der Waals surface area contributed by atoms with Crippen LogP contribution < -0.4 is 15.8 Å². The minimum Gasteiger partial charge on any atom is -0.494 e. The van der Waals surface area contributed by atoms with Crippen LogP contribution in [-0.4, -0.2) is 29.8 Å². The van der Waals surface area contributed by atoms with Gasteiger partial charge in [0.05, 0.1) is 6.61 Å². The van der Waals surface area contributed by atoms with Gasteiger partial charge in [0.25, 0.3) is 5.91 Å². The molecular formula is C18H29ClN2O3. The van der Waals surface area contributed by atoms with Crippen molar-refractivity contribution >= 4 is 24.0 Å². The van der Waals surface area contributed by atoms with E-state index in [1.807, 2.05) is 13.0 Å². The number of anilines is 1. The number of hydrogen-bond donors (Lipinski definition) is 3. The summed E-state index contributed by atoms with van der Waals surface area (Å²) in [4.78, 5) is 12.2. The van der Waals surface area contributed by atoms with E-state index in [1.54, 1.807) is 18.2 Å². The summed E-state index contributed by atoms with van der Waals surface area (Å²) in [5.74, 6) is 0.760. The highest BCUT2D eigenvalue weighted by Crippen LogP contribution is 2.27. The van der Waals surface area contributed by atoms with E-state index in [1.165, 1.54) is 19.3 Å². The van der Waals surface area contributed by atoms with Crippen molar-refractivity contribution in [3.8, 4) is 5.75 Å². The van der Waals surface area contributed by atoms with Gasteiger partial charge < -0.3 is 20.9 Å². The van der Waals surface area contributed by atoms with E-state index in [0.717, 1.165) is 12.8 Å². The first-order chi connectivity index (χ1) is 11.1. The molecule has 5 nitrogen and oxygen atoms in total. The maximum atomic E-state index is 12.2. The van der Waals surface area contributed by atoms with Crippen LogP contribution in [-0.2, 0) is 4.79 Å². The second-order valence-electron chi connectivity index (χ2n) is 6.30. The number of hydrogen-bond acceptors (Lipinski definition) is 4. The molecule has 1 fully saturated rings. The highest BCUT2D eigenvalue weighted by molar-refractivity contribution is 5.94.